The summed E-state index contributed by atoms with van der Waals surface area (Å²) < 4.78 is 139. The molecule has 3 aromatic rings. The molecule has 0 radical (unpaired) electrons. The zero-order valence-electron chi connectivity index (χ0n) is 26.9. The van der Waals surface area contributed by atoms with Crippen molar-refractivity contribution in [3.63, 3.8) is 0 Å². The van der Waals surface area contributed by atoms with Gasteiger partial charge in [-0.15, -0.1) is 0 Å². The normalized spacial score (nSPS) is 16.5. The minimum absolute atomic E-state index is 0.00711. The van der Waals surface area contributed by atoms with Crippen LogP contribution in [0.4, 0.5) is 55.9 Å². The van der Waals surface area contributed by atoms with Crippen LogP contribution in [0.1, 0.15) is 83.5 Å². The molecule has 18 heteroatoms. The minimum atomic E-state index is -5.16. The summed E-state index contributed by atoms with van der Waals surface area (Å²) in [6, 6.07) is 2.00. The van der Waals surface area contributed by atoms with E-state index >= 15 is 0 Å². The Morgan fingerprint density at radius 2 is 1.44 bits per heavy atom. The summed E-state index contributed by atoms with van der Waals surface area (Å²) in [5.41, 5.74) is -5.58. The first-order chi connectivity index (χ1) is 23.3. The second-order valence-corrected chi connectivity index (χ2v) is 11.0. The molecule has 0 aliphatic carbocycles. The van der Waals surface area contributed by atoms with Gasteiger partial charge in [0.15, 0.2) is 0 Å². The number of alkyl halides is 9. The summed E-state index contributed by atoms with van der Waals surface area (Å²) in [5.74, 6) is -1.96. The van der Waals surface area contributed by atoms with Crippen LogP contribution in [0.3, 0.4) is 0 Å². The van der Waals surface area contributed by atoms with Gasteiger partial charge in [-0.25, -0.2) is 14.6 Å². The van der Waals surface area contributed by atoms with Gasteiger partial charge in [-0.3, -0.25) is 4.90 Å². The van der Waals surface area contributed by atoms with E-state index in [4.69, 9.17) is 14.2 Å². The number of hydrogen-bond donors (Lipinski definition) is 1. The van der Waals surface area contributed by atoms with Crippen molar-refractivity contribution in [2.45, 2.75) is 70.6 Å². The third kappa shape index (κ3) is 8.33. The third-order valence-corrected chi connectivity index (χ3v) is 7.74. The molecule has 1 N–H and O–H groups in total. The van der Waals surface area contributed by atoms with Gasteiger partial charge >= 0.3 is 30.6 Å². The number of carbonyl (C=O) groups excluding carboxylic acids is 2. The van der Waals surface area contributed by atoms with E-state index in [1.165, 1.54) is 11.8 Å². The van der Waals surface area contributed by atoms with Crippen LogP contribution < -0.4 is 15.0 Å². The summed E-state index contributed by atoms with van der Waals surface area (Å²) in [5, 5.41) is 2.88. The van der Waals surface area contributed by atoms with E-state index in [0.29, 0.717) is 18.6 Å². The van der Waals surface area contributed by atoms with Crippen LogP contribution in [0.25, 0.3) is 0 Å². The van der Waals surface area contributed by atoms with Crippen molar-refractivity contribution < 1.29 is 63.3 Å². The topological polar surface area (TPSA) is 103 Å². The molecule has 0 unspecified atom stereocenters. The van der Waals surface area contributed by atoms with E-state index in [1.54, 1.807) is 13.8 Å². The lowest BCUT2D eigenvalue weighted by atomic mass is 9.89. The van der Waals surface area contributed by atoms with Gasteiger partial charge in [-0.1, -0.05) is 6.92 Å². The van der Waals surface area contributed by atoms with Crippen molar-refractivity contribution in [1.29, 1.82) is 0 Å². The summed E-state index contributed by atoms with van der Waals surface area (Å²) in [6.07, 6.45) is -16.3. The van der Waals surface area contributed by atoms with E-state index in [0.717, 1.165) is 25.3 Å². The van der Waals surface area contributed by atoms with Gasteiger partial charge < -0.3 is 19.5 Å². The molecule has 50 heavy (non-hydrogen) atoms. The standard InChI is InChI=1S/C32H31F9N4O5/c1-5-20-15-22(21-14-17(30(33,34)35)8-9-24(21)45(20)29(47)50-7-3)42-28-43-23(25(26(44-28)48-4)27(46)49-6-2)12-16-10-18(31(36,37)38)13-19(11-16)32(39,40)41/h8-11,13-14,20,22H,5-7,12,15H2,1-4H3,(H,42,43,44)/t20-,22+/m1/s1. The second kappa shape index (κ2) is 14.6. The predicted octanol–water partition coefficient (Wildman–Crippen LogP) is 8.61. The molecule has 0 saturated carbocycles. The van der Waals surface area contributed by atoms with Crippen molar-refractivity contribution in [1.82, 2.24) is 9.97 Å². The number of halogens is 9. The molecule has 1 aromatic heterocycles. The molecular weight excluding hydrogens is 691 g/mol. The number of hydrogen-bond acceptors (Lipinski definition) is 8. The predicted molar refractivity (Wildman–Crippen MR) is 160 cm³/mol. The van der Waals surface area contributed by atoms with Crippen molar-refractivity contribution in [2.75, 3.05) is 30.5 Å². The third-order valence-electron chi connectivity index (χ3n) is 7.74. The summed E-state index contributed by atoms with van der Waals surface area (Å²) in [6.45, 7) is 4.55. The number of aromatic nitrogens is 2. The lowest BCUT2D eigenvalue weighted by Gasteiger charge is -2.40. The summed E-state index contributed by atoms with van der Waals surface area (Å²) in [7, 11) is 1.08. The van der Waals surface area contributed by atoms with Gasteiger partial charge in [0.05, 0.1) is 54.4 Å². The molecular formula is C32H31F9N4O5. The fraction of sp³-hybridized carbons (Fsp3) is 0.438. The van der Waals surface area contributed by atoms with Crippen molar-refractivity contribution in [3.05, 3.63) is 75.5 Å². The van der Waals surface area contributed by atoms with Crippen LogP contribution in [-0.2, 0) is 34.4 Å². The average Bonchev–Trinajstić information content (AvgIpc) is 3.02. The van der Waals surface area contributed by atoms with E-state index in [2.05, 4.69) is 15.3 Å². The van der Waals surface area contributed by atoms with Gasteiger partial charge in [0, 0.05) is 12.5 Å². The van der Waals surface area contributed by atoms with Crippen molar-refractivity contribution in [2.24, 2.45) is 0 Å². The SMILES string of the molecule is CCOC(=O)c1c(Cc2cc(C(F)(F)F)cc(C(F)(F)F)c2)nc(N[C@H]2C[C@@H](CC)N(C(=O)OCC)c3ccc(C(F)(F)F)cc32)nc1OC. The van der Waals surface area contributed by atoms with Gasteiger partial charge in [-0.2, -0.15) is 44.5 Å². The molecule has 1 aliphatic rings. The Bertz CT molecular complexity index is 1700. The Morgan fingerprint density at radius 1 is 0.840 bits per heavy atom. The van der Waals surface area contributed by atoms with E-state index in [9.17, 15) is 49.1 Å². The van der Waals surface area contributed by atoms with E-state index in [1.807, 2.05) is 0 Å². The average molecular weight is 723 g/mol. The molecule has 2 heterocycles. The number of anilines is 2. The Labute approximate surface area is 279 Å². The first-order valence-electron chi connectivity index (χ1n) is 15.2. The molecule has 0 bridgehead atoms. The zero-order chi connectivity index (χ0) is 37.2. The zero-order valence-corrected chi connectivity index (χ0v) is 26.9. The monoisotopic (exact) mass is 722 g/mol. The highest BCUT2D eigenvalue weighted by Gasteiger charge is 2.40. The fourth-order valence-electron chi connectivity index (χ4n) is 5.56. The number of benzene rings is 2. The van der Waals surface area contributed by atoms with E-state index in [-0.39, 0.29) is 42.9 Å². The quantitative estimate of drug-likeness (QED) is 0.173. The highest BCUT2D eigenvalue weighted by atomic mass is 19.4. The van der Waals surface area contributed by atoms with Crippen molar-refractivity contribution >= 4 is 23.7 Å². The molecule has 4 rings (SSSR count). The molecule has 272 valence electrons. The lowest BCUT2D eigenvalue weighted by molar-refractivity contribution is -0.143. The second-order valence-electron chi connectivity index (χ2n) is 11.0. The Balaban J connectivity index is 1.89. The molecule has 9 nitrogen and oxygen atoms in total. The molecule has 0 saturated heterocycles. The Kier molecular flexibility index (Phi) is 11.1. The maximum Gasteiger partial charge on any atom is 0.416 e. The van der Waals surface area contributed by atoms with Crippen LogP contribution in [0.2, 0.25) is 0 Å². The lowest BCUT2D eigenvalue weighted by Crippen LogP contribution is -2.46. The van der Waals surface area contributed by atoms with Crippen LogP contribution in [-0.4, -0.2) is 48.4 Å². The minimum Gasteiger partial charge on any atom is -0.480 e. The smallest absolute Gasteiger partial charge is 0.416 e. The number of esters is 1. The fourth-order valence-corrected chi connectivity index (χ4v) is 5.56. The largest absolute Gasteiger partial charge is 0.480 e. The molecule has 0 spiro atoms. The molecule has 0 fully saturated rings. The highest BCUT2D eigenvalue weighted by molar-refractivity contribution is 5.93. The van der Waals surface area contributed by atoms with Crippen LogP contribution >= 0.6 is 0 Å². The van der Waals surface area contributed by atoms with Gasteiger partial charge in [0.2, 0.25) is 11.8 Å². The Hall–Kier alpha value is -4.77. The number of nitrogens with one attached hydrogen (secondary N) is 1. The first kappa shape index (κ1) is 38.0. The summed E-state index contributed by atoms with van der Waals surface area (Å²) >= 11 is 0. The van der Waals surface area contributed by atoms with Crippen LogP contribution in [0.5, 0.6) is 5.88 Å². The van der Waals surface area contributed by atoms with Crippen LogP contribution in [0.15, 0.2) is 36.4 Å². The van der Waals surface area contributed by atoms with E-state index < -0.39 is 88.5 Å². The number of methoxy groups -OCH3 is 1. The number of rotatable bonds is 9. The highest BCUT2D eigenvalue weighted by Crippen LogP contribution is 2.43. The van der Waals surface area contributed by atoms with Crippen LogP contribution in [0, 0.1) is 0 Å². The first-order valence-corrected chi connectivity index (χ1v) is 15.2. The maximum atomic E-state index is 13.8. The maximum absolute atomic E-state index is 13.8. The van der Waals surface area contributed by atoms with Crippen molar-refractivity contribution in [3.8, 4) is 5.88 Å². The molecule has 2 aromatic carbocycles. The summed E-state index contributed by atoms with van der Waals surface area (Å²) in [4.78, 5) is 35.6. The van der Waals surface area contributed by atoms with Gasteiger partial charge in [-0.05, 0) is 74.2 Å². The number of ether oxygens (including phenoxy) is 3. The number of carbonyl (C=O) groups is 2. The van der Waals surface area contributed by atoms with Gasteiger partial charge in [0.1, 0.15) is 5.56 Å². The number of nitrogens with zero attached hydrogens (tertiary/aromatic N) is 3. The van der Waals surface area contributed by atoms with Gasteiger partial charge in [0.25, 0.3) is 0 Å². The molecule has 1 amide bonds. The molecule has 2 atom stereocenters. The number of fused-ring (bicyclic) bond motifs is 1. The molecule has 1 aliphatic heterocycles. The Morgan fingerprint density at radius 3 is 1.96 bits per heavy atom. The number of amides is 1.